The SMILES string of the molecule is CC(C)COCCNc1nc2ccc(Cl)cc2s1. The highest BCUT2D eigenvalue weighted by Gasteiger charge is 2.03. The molecule has 1 aromatic carbocycles. The molecule has 2 aromatic rings. The molecule has 98 valence electrons. The first-order valence-electron chi connectivity index (χ1n) is 6.03. The molecule has 0 spiro atoms. The molecule has 2 rings (SSSR count). The smallest absolute Gasteiger partial charge is 0.183 e. The standard InChI is InChI=1S/C13H17ClN2OS/c1-9(2)8-17-6-5-15-13-16-11-4-3-10(14)7-12(11)18-13/h3-4,7,9H,5-6,8H2,1-2H3,(H,15,16). The number of nitrogens with zero attached hydrogens (tertiary/aromatic N) is 1. The number of nitrogens with one attached hydrogen (secondary N) is 1. The first-order chi connectivity index (χ1) is 8.65. The molecule has 0 unspecified atom stereocenters. The van der Waals surface area contributed by atoms with Gasteiger partial charge in [0.1, 0.15) is 0 Å². The highest BCUT2D eigenvalue weighted by atomic mass is 35.5. The molecule has 0 bridgehead atoms. The van der Waals surface area contributed by atoms with Crippen molar-refractivity contribution in [2.24, 2.45) is 5.92 Å². The van der Waals surface area contributed by atoms with Gasteiger partial charge in [-0.3, -0.25) is 0 Å². The Hall–Kier alpha value is -0.840. The minimum atomic E-state index is 0.578. The van der Waals surface area contributed by atoms with Crippen LogP contribution in [0.3, 0.4) is 0 Å². The number of thiazole rings is 1. The maximum absolute atomic E-state index is 5.94. The van der Waals surface area contributed by atoms with Gasteiger partial charge in [-0.25, -0.2) is 4.98 Å². The summed E-state index contributed by atoms with van der Waals surface area (Å²) in [5, 5.41) is 4.93. The maximum Gasteiger partial charge on any atom is 0.183 e. The van der Waals surface area contributed by atoms with Crippen LogP contribution in [-0.2, 0) is 4.74 Å². The summed E-state index contributed by atoms with van der Waals surface area (Å²) in [4.78, 5) is 4.48. The predicted molar refractivity (Wildman–Crippen MR) is 78.8 cm³/mol. The molecular formula is C13H17ClN2OS. The number of halogens is 1. The van der Waals surface area contributed by atoms with Crippen molar-refractivity contribution in [1.82, 2.24) is 4.98 Å². The van der Waals surface area contributed by atoms with Crippen molar-refractivity contribution >= 4 is 38.3 Å². The van der Waals surface area contributed by atoms with Crippen LogP contribution in [0.5, 0.6) is 0 Å². The fraction of sp³-hybridized carbons (Fsp3) is 0.462. The van der Waals surface area contributed by atoms with Gasteiger partial charge in [0.05, 0.1) is 16.8 Å². The number of hydrogen-bond acceptors (Lipinski definition) is 4. The zero-order valence-electron chi connectivity index (χ0n) is 10.6. The van der Waals surface area contributed by atoms with Gasteiger partial charge < -0.3 is 10.1 Å². The number of hydrogen-bond donors (Lipinski definition) is 1. The molecule has 0 saturated heterocycles. The molecule has 0 radical (unpaired) electrons. The van der Waals surface area contributed by atoms with Crippen LogP contribution < -0.4 is 5.32 Å². The van der Waals surface area contributed by atoms with Crippen LogP contribution in [0.2, 0.25) is 5.02 Å². The molecule has 5 heteroatoms. The van der Waals surface area contributed by atoms with Crippen molar-refractivity contribution in [3.05, 3.63) is 23.2 Å². The molecule has 0 saturated carbocycles. The summed E-state index contributed by atoms with van der Waals surface area (Å²) >= 11 is 7.56. The van der Waals surface area contributed by atoms with Crippen molar-refractivity contribution < 1.29 is 4.74 Å². The quantitative estimate of drug-likeness (QED) is 0.813. The van der Waals surface area contributed by atoms with Crippen molar-refractivity contribution in [2.45, 2.75) is 13.8 Å². The van der Waals surface area contributed by atoms with E-state index in [0.29, 0.717) is 12.5 Å². The van der Waals surface area contributed by atoms with Crippen molar-refractivity contribution in [1.29, 1.82) is 0 Å². The lowest BCUT2D eigenvalue weighted by molar-refractivity contribution is 0.118. The van der Waals surface area contributed by atoms with E-state index < -0.39 is 0 Å². The second kappa shape index (κ2) is 6.36. The van der Waals surface area contributed by atoms with Gasteiger partial charge in [-0.15, -0.1) is 0 Å². The van der Waals surface area contributed by atoms with Gasteiger partial charge in [0.15, 0.2) is 5.13 Å². The second-order valence-corrected chi connectivity index (χ2v) is 5.99. The summed E-state index contributed by atoms with van der Waals surface area (Å²) in [6.07, 6.45) is 0. The van der Waals surface area contributed by atoms with Crippen LogP contribution in [-0.4, -0.2) is 24.7 Å². The highest BCUT2D eigenvalue weighted by Crippen LogP contribution is 2.27. The summed E-state index contributed by atoms with van der Waals surface area (Å²) in [6, 6.07) is 5.74. The van der Waals surface area contributed by atoms with Crippen LogP contribution in [0, 0.1) is 5.92 Å². The monoisotopic (exact) mass is 284 g/mol. The highest BCUT2D eigenvalue weighted by molar-refractivity contribution is 7.22. The Labute approximate surface area is 116 Å². The minimum Gasteiger partial charge on any atom is -0.379 e. The molecule has 0 fully saturated rings. The van der Waals surface area contributed by atoms with Gasteiger partial charge >= 0.3 is 0 Å². The summed E-state index contributed by atoms with van der Waals surface area (Å²) in [5.41, 5.74) is 0.981. The molecule has 0 aliphatic rings. The normalized spacial score (nSPS) is 11.3. The maximum atomic E-state index is 5.94. The molecule has 0 aliphatic carbocycles. The fourth-order valence-electron chi connectivity index (χ4n) is 1.52. The molecule has 0 aliphatic heterocycles. The molecule has 3 nitrogen and oxygen atoms in total. The Kier molecular flexibility index (Phi) is 4.80. The predicted octanol–water partition coefficient (Wildman–Crippen LogP) is 4.03. The third kappa shape index (κ3) is 3.83. The van der Waals surface area contributed by atoms with E-state index in [1.54, 1.807) is 11.3 Å². The zero-order valence-corrected chi connectivity index (χ0v) is 12.1. The van der Waals surface area contributed by atoms with Gasteiger partial charge in [0.2, 0.25) is 0 Å². The summed E-state index contributed by atoms with van der Waals surface area (Å²) < 4.78 is 6.61. The second-order valence-electron chi connectivity index (χ2n) is 4.53. The number of anilines is 1. The molecule has 0 atom stereocenters. The first-order valence-corrected chi connectivity index (χ1v) is 7.22. The van der Waals surface area contributed by atoms with E-state index in [2.05, 4.69) is 24.1 Å². The van der Waals surface area contributed by atoms with Gasteiger partial charge in [-0.05, 0) is 24.1 Å². The Morgan fingerprint density at radius 2 is 2.28 bits per heavy atom. The van der Waals surface area contributed by atoms with Gasteiger partial charge in [0, 0.05) is 18.2 Å². The lowest BCUT2D eigenvalue weighted by atomic mass is 10.2. The average molecular weight is 285 g/mol. The third-order valence-corrected chi connectivity index (χ3v) is 3.54. The van der Waals surface area contributed by atoms with E-state index >= 15 is 0 Å². The number of aromatic nitrogens is 1. The van der Waals surface area contributed by atoms with Crippen molar-refractivity contribution in [3.63, 3.8) is 0 Å². The zero-order chi connectivity index (χ0) is 13.0. The third-order valence-electron chi connectivity index (χ3n) is 2.32. The Morgan fingerprint density at radius 1 is 1.44 bits per heavy atom. The lowest BCUT2D eigenvalue weighted by Crippen LogP contribution is -2.11. The summed E-state index contributed by atoms with van der Waals surface area (Å²) in [7, 11) is 0. The fourth-order valence-corrected chi connectivity index (χ4v) is 2.69. The average Bonchev–Trinajstić information content (AvgIpc) is 2.70. The van der Waals surface area contributed by atoms with Gasteiger partial charge in [-0.2, -0.15) is 0 Å². The number of rotatable bonds is 6. The Bertz CT molecular complexity index is 513. The molecule has 1 aromatic heterocycles. The number of benzene rings is 1. The lowest BCUT2D eigenvalue weighted by Gasteiger charge is -2.06. The van der Waals surface area contributed by atoms with E-state index in [1.807, 2.05) is 18.2 Å². The van der Waals surface area contributed by atoms with Gasteiger partial charge in [0.25, 0.3) is 0 Å². The number of fused-ring (bicyclic) bond motifs is 1. The largest absolute Gasteiger partial charge is 0.379 e. The van der Waals surface area contributed by atoms with Crippen LogP contribution in [0.1, 0.15) is 13.8 Å². The number of ether oxygens (including phenoxy) is 1. The van der Waals surface area contributed by atoms with E-state index in [0.717, 1.165) is 33.5 Å². The van der Waals surface area contributed by atoms with Crippen molar-refractivity contribution in [2.75, 3.05) is 25.1 Å². The molecule has 18 heavy (non-hydrogen) atoms. The van der Waals surface area contributed by atoms with Crippen LogP contribution in [0.15, 0.2) is 18.2 Å². The summed E-state index contributed by atoms with van der Waals surface area (Å²) in [5.74, 6) is 0.578. The van der Waals surface area contributed by atoms with E-state index in [9.17, 15) is 0 Å². The molecular weight excluding hydrogens is 268 g/mol. The summed E-state index contributed by atoms with van der Waals surface area (Å²) in [6.45, 7) is 6.57. The van der Waals surface area contributed by atoms with Gasteiger partial charge in [-0.1, -0.05) is 36.8 Å². The minimum absolute atomic E-state index is 0.578. The molecule has 0 amide bonds. The van der Waals surface area contributed by atoms with E-state index in [4.69, 9.17) is 16.3 Å². The van der Waals surface area contributed by atoms with Crippen molar-refractivity contribution in [3.8, 4) is 0 Å². The van der Waals surface area contributed by atoms with E-state index in [1.165, 1.54) is 0 Å². The van der Waals surface area contributed by atoms with E-state index in [-0.39, 0.29) is 0 Å². The van der Waals surface area contributed by atoms with Crippen LogP contribution in [0.25, 0.3) is 10.2 Å². The van der Waals surface area contributed by atoms with Crippen LogP contribution in [0.4, 0.5) is 5.13 Å². The Balaban J connectivity index is 1.84. The van der Waals surface area contributed by atoms with Crippen LogP contribution >= 0.6 is 22.9 Å². The molecule has 1 heterocycles. The molecule has 1 N–H and O–H groups in total. The Morgan fingerprint density at radius 3 is 3.06 bits per heavy atom. The topological polar surface area (TPSA) is 34.1 Å². The first kappa shape index (κ1) is 13.6.